The van der Waals surface area contributed by atoms with Gasteiger partial charge in [-0.15, -0.1) is 11.3 Å². The van der Waals surface area contributed by atoms with Gasteiger partial charge in [0, 0.05) is 31.6 Å². The third-order valence-corrected chi connectivity index (χ3v) is 5.78. The van der Waals surface area contributed by atoms with Crippen molar-refractivity contribution in [3.63, 3.8) is 0 Å². The lowest BCUT2D eigenvalue weighted by atomic mass is 10.1. The maximum atomic E-state index is 12.5. The van der Waals surface area contributed by atoms with E-state index in [1.165, 1.54) is 19.3 Å². The molecule has 2 aliphatic heterocycles. The molecule has 0 spiro atoms. The van der Waals surface area contributed by atoms with Crippen LogP contribution >= 0.6 is 11.3 Å². The fourth-order valence-corrected chi connectivity index (χ4v) is 4.27. The number of piperazine rings is 1. The quantitative estimate of drug-likeness (QED) is 0.781. The van der Waals surface area contributed by atoms with E-state index in [9.17, 15) is 9.59 Å². The second-order valence-corrected chi connectivity index (χ2v) is 7.76. The lowest BCUT2D eigenvalue weighted by molar-refractivity contribution is -0.132. The largest absolute Gasteiger partial charge is 0.450 e. The summed E-state index contributed by atoms with van der Waals surface area (Å²) in [4.78, 5) is 34.8. The van der Waals surface area contributed by atoms with Crippen molar-refractivity contribution in [3.05, 3.63) is 16.1 Å². The first-order valence-corrected chi connectivity index (χ1v) is 10.4. The van der Waals surface area contributed by atoms with Crippen molar-refractivity contribution in [1.29, 1.82) is 0 Å². The normalized spacial score (nSPS) is 18.8. The number of carbonyl (C=O) groups excluding carboxylic acids is 2. The number of aromatic nitrogens is 1. The zero-order valence-electron chi connectivity index (χ0n) is 15.5. The molecular formula is C18H28N4O3S. The third kappa shape index (κ3) is 5.17. The van der Waals surface area contributed by atoms with Gasteiger partial charge in [-0.25, -0.2) is 9.78 Å². The highest BCUT2D eigenvalue weighted by Crippen LogP contribution is 2.17. The SMILES string of the molecule is CCOC(=O)N1CCN(C(=O)Cc2csc(CN3CCCCC3)n2)CC1. The molecular weight excluding hydrogens is 352 g/mol. The van der Waals surface area contributed by atoms with Crippen LogP contribution in [0, 0.1) is 0 Å². The molecule has 2 saturated heterocycles. The van der Waals surface area contributed by atoms with Crippen molar-refractivity contribution in [2.45, 2.75) is 39.2 Å². The van der Waals surface area contributed by atoms with Crippen LogP contribution in [-0.2, 0) is 22.5 Å². The van der Waals surface area contributed by atoms with E-state index in [0.717, 1.165) is 30.3 Å². The summed E-state index contributed by atoms with van der Waals surface area (Å²) in [6, 6.07) is 0. The summed E-state index contributed by atoms with van der Waals surface area (Å²) in [5, 5.41) is 3.10. The summed E-state index contributed by atoms with van der Waals surface area (Å²) < 4.78 is 5.01. The van der Waals surface area contributed by atoms with Crippen molar-refractivity contribution < 1.29 is 14.3 Å². The first kappa shape index (κ1) is 19.1. The van der Waals surface area contributed by atoms with E-state index in [1.807, 2.05) is 10.3 Å². The summed E-state index contributed by atoms with van der Waals surface area (Å²) >= 11 is 1.65. The smallest absolute Gasteiger partial charge is 0.409 e. The highest BCUT2D eigenvalue weighted by atomic mass is 32.1. The van der Waals surface area contributed by atoms with Crippen LogP contribution in [0.1, 0.15) is 36.9 Å². The Morgan fingerprint density at radius 2 is 1.77 bits per heavy atom. The predicted molar refractivity (Wildman–Crippen MR) is 100 cm³/mol. The van der Waals surface area contributed by atoms with E-state index < -0.39 is 0 Å². The van der Waals surface area contributed by atoms with Gasteiger partial charge in [0.25, 0.3) is 0 Å². The molecule has 0 aliphatic carbocycles. The van der Waals surface area contributed by atoms with Crippen molar-refractivity contribution in [2.24, 2.45) is 0 Å². The van der Waals surface area contributed by atoms with Crippen LogP contribution in [0.4, 0.5) is 4.79 Å². The molecule has 0 N–H and O–H groups in total. The minimum atomic E-state index is -0.290. The average molecular weight is 381 g/mol. The van der Waals surface area contributed by atoms with Crippen molar-refractivity contribution >= 4 is 23.3 Å². The van der Waals surface area contributed by atoms with Crippen LogP contribution in [0.2, 0.25) is 0 Å². The number of likely N-dealkylation sites (tertiary alicyclic amines) is 1. The Balaban J connectivity index is 1.44. The van der Waals surface area contributed by atoms with Gasteiger partial charge < -0.3 is 14.5 Å². The Labute approximate surface area is 158 Å². The van der Waals surface area contributed by atoms with Crippen LogP contribution in [0.15, 0.2) is 5.38 Å². The molecule has 1 aromatic heterocycles. The van der Waals surface area contributed by atoms with E-state index in [-0.39, 0.29) is 12.0 Å². The zero-order chi connectivity index (χ0) is 18.4. The maximum absolute atomic E-state index is 12.5. The number of hydrogen-bond acceptors (Lipinski definition) is 6. The molecule has 0 atom stereocenters. The van der Waals surface area contributed by atoms with Gasteiger partial charge in [-0.1, -0.05) is 6.42 Å². The van der Waals surface area contributed by atoms with E-state index in [0.29, 0.717) is 39.2 Å². The number of piperidine rings is 1. The van der Waals surface area contributed by atoms with E-state index in [2.05, 4.69) is 9.88 Å². The second kappa shape index (κ2) is 9.32. The van der Waals surface area contributed by atoms with Crippen molar-refractivity contribution in [2.75, 3.05) is 45.9 Å². The molecule has 26 heavy (non-hydrogen) atoms. The molecule has 2 fully saturated rings. The molecule has 3 rings (SSSR count). The Hall–Kier alpha value is -1.67. The number of nitrogens with zero attached hydrogens (tertiary/aromatic N) is 4. The lowest BCUT2D eigenvalue weighted by Crippen LogP contribution is -2.51. The Bertz CT molecular complexity index is 607. The number of carbonyl (C=O) groups is 2. The van der Waals surface area contributed by atoms with Gasteiger partial charge in [-0.3, -0.25) is 9.69 Å². The van der Waals surface area contributed by atoms with Crippen LogP contribution in [-0.4, -0.2) is 77.6 Å². The minimum Gasteiger partial charge on any atom is -0.450 e. The molecule has 3 heterocycles. The number of hydrogen-bond donors (Lipinski definition) is 0. The number of thiazole rings is 1. The fourth-order valence-electron chi connectivity index (χ4n) is 3.43. The highest BCUT2D eigenvalue weighted by Gasteiger charge is 2.25. The fraction of sp³-hybridized carbons (Fsp3) is 0.722. The van der Waals surface area contributed by atoms with Crippen LogP contribution in [0.5, 0.6) is 0 Å². The third-order valence-electron chi connectivity index (χ3n) is 4.90. The second-order valence-electron chi connectivity index (χ2n) is 6.81. The molecule has 7 nitrogen and oxygen atoms in total. The Morgan fingerprint density at radius 3 is 2.46 bits per heavy atom. The van der Waals surface area contributed by atoms with Gasteiger partial charge in [0.1, 0.15) is 5.01 Å². The van der Waals surface area contributed by atoms with E-state index in [1.54, 1.807) is 23.2 Å². The average Bonchev–Trinajstić information content (AvgIpc) is 3.09. The first-order chi connectivity index (χ1) is 12.7. The van der Waals surface area contributed by atoms with Crippen LogP contribution in [0.25, 0.3) is 0 Å². The summed E-state index contributed by atoms with van der Waals surface area (Å²) in [7, 11) is 0. The number of amides is 2. The van der Waals surface area contributed by atoms with Gasteiger partial charge in [-0.05, 0) is 32.9 Å². The van der Waals surface area contributed by atoms with E-state index in [4.69, 9.17) is 4.74 Å². The maximum Gasteiger partial charge on any atom is 0.409 e. The highest BCUT2D eigenvalue weighted by molar-refractivity contribution is 7.09. The van der Waals surface area contributed by atoms with Gasteiger partial charge in [0.05, 0.1) is 25.3 Å². The Kier molecular flexibility index (Phi) is 6.85. The van der Waals surface area contributed by atoms with Gasteiger partial charge >= 0.3 is 6.09 Å². The summed E-state index contributed by atoms with van der Waals surface area (Å²) in [5.74, 6) is 0.0864. The van der Waals surface area contributed by atoms with Crippen LogP contribution < -0.4 is 0 Å². The summed E-state index contributed by atoms with van der Waals surface area (Å²) in [6.45, 7) is 7.55. The molecule has 0 bridgehead atoms. The van der Waals surface area contributed by atoms with Crippen molar-refractivity contribution in [3.8, 4) is 0 Å². The molecule has 0 saturated carbocycles. The molecule has 0 unspecified atom stereocenters. The monoisotopic (exact) mass is 380 g/mol. The van der Waals surface area contributed by atoms with E-state index >= 15 is 0 Å². The molecule has 2 amide bonds. The molecule has 0 aromatic carbocycles. The molecule has 1 aromatic rings. The zero-order valence-corrected chi connectivity index (χ0v) is 16.3. The lowest BCUT2D eigenvalue weighted by Gasteiger charge is -2.34. The van der Waals surface area contributed by atoms with Gasteiger partial charge in [0.15, 0.2) is 0 Å². The molecule has 0 radical (unpaired) electrons. The topological polar surface area (TPSA) is 66.0 Å². The minimum absolute atomic E-state index is 0.0864. The van der Waals surface area contributed by atoms with Gasteiger partial charge in [0.2, 0.25) is 5.91 Å². The Morgan fingerprint density at radius 1 is 1.08 bits per heavy atom. The van der Waals surface area contributed by atoms with Crippen LogP contribution in [0.3, 0.4) is 0 Å². The summed E-state index contributed by atoms with van der Waals surface area (Å²) in [6.07, 6.45) is 3.93. The molecule has 8 heteroatoms. The van der Waals surface area contributed by atoms with Crippen molar-refractivity contribution in [1.82, 2.24) is 19.7 Å². The molecule has 2 aliphatic rings. The first-order valence-electron chi connectivity index (χ1n) is 9.51. The molecule has 144 valence electrons. The predicted octanol–water partition coefficient (Wildman–Crippen LogP) is 1.97. The summed E-state index contributed by atoms with van der Waals surface area (Å²) in [5.41, 5.74) is 0.861. The number of ether oxygens (including phenoxy) is 1. The standard InChI is InChI=1S/C18H28N4O3S/c1-2-25-18(24)22-10-8-21(9-11-22)17(23)12-15-14-26-16(19-15)13-20-6-4-3-5-7-20/h14H,2-13H2,1H3. The number of rotatable bonds is 5. The van der Waals surface area contributed by atoms with Gasteiger partial charge in [-0.2, -0.15) is 0 Å².